The molecule has 0 aliphatic heterocycles. The van der Waals surface area contributed by atoms with Gasteiger partial charge in [-0.15, -0.1) is 6.42 Å². The van der Waals surface area contributed by atoms with Gasteiger partial charge < -0.3 is 15.8 Å². The van der Waals surface area contributed by atoms with Crippen molar-refractivity contribution in [1.29, 1.82) is 0 Å². The maximum absolute atomic E-state index is 11.6. The zero-order valence-electron chi connectivity index (χ0n) is 9.40. The molecule has 0 saturated carbocycles. The van der Waals surface area contributed by atoms with Crippen molar-refractivity contribution in [1.82, 2.24) is 5.32 Å². The SMILES string of the molecule is C#CCNC(=O)COC(=O)c1cccc(Cl)c1N. The van der Waals surface area contributed by atoms with Gasteiger partial charge in [0.1, 0.15) is 0 Å². The minimum atomic E-state index is -0.717. The predicted octanol–water partition coefficient (Wildman–Crippen LogP) is 0.828. The summed E-state index contributed by atoms with van der Waals surface area (Å²) in [6.07, 6.45) is 4.96. The number of anilines is 1. The van der Waals surface area contributed by atoms with Crippen molar-refractivity contribution >= 4 is 29.2 Å². The highest BCUT2D eigenvalue weighted by Crippen LogP contribution is 2.22. The molecule has 6 heteroatoms. The van der Waals surface area contributed by atoms with Crippen LogP contribution in [0, 0.1) is 12.3 Å². The number of nitrogen functional groups attached to an aromatic ring is 1. The number of hydrogen-bond donors (Lipinski definition) is 2. The van der Waals surface area contributed by atoms with Crippen molar-refractivity contribution in [3.63, 3.8) is 0 Å². The molecule has 18 heavy (non-hydrogen) atoms. The molecule has 94 valence electrons. The summed E-state index contributed by atoms with van der Waals surface area (Å²) in [5.74, 6) is 1.02. The Labute approximate surface area is 109 Å². The molecule has 0 fully saturated rings. The summed E-state index contributed by atoms with van der Waals surface area (Å²) >= 11 is 5.75. The number of carbonyl (C=O) groups excluding carboxylic acids is 2. The number of nitrogens with two attached hydrogens (primary N) is 1. The van der Waals surface area contributed by atoms with Gasteiger partial charge in [-0.3, -0.25) is 4.79 Å². The molecule has 0 heterocycles. The van der Waals surface area contributed by atoms with Crippen molar-refractivity contribution in [2.45, 2.75) is 0 Å². The third-order valence-corrected chi connectivity index (χ3v) is 2.32. The van der Waals surface area contributed by atoms with E-state index >= 15 is 0 Å². The summed E-state index contributed by atoms with van der Waals surface area (Å²) in [7, 11) is 0. The fourth-order valence-electron chi connectivity index (χ4n) is 1.12. The molecule has 0 atom stereocenters. The monoisotopic (exact) mass is 266 g/mol. The third-order valence-electron chi connectivity index (χ3n) is 1.99. The Morgan fingerprint density at radius 3 is 2.89 bits per heavy atom. The van der Waals surface area contributed by atoms with Gasteiger partial charge in [-0.05, 0) is 12.1 Å². The summed E-state index contributed by atoms with van der Waals surface area (Å²) in [5.41, 5.74) is 5.85. The van der Waals surface area contributed by atoms with E-state index in [-0.39, 0.29) is 22.8 Å². The largest absolute Gasteiger partial charge is 0.452 e. The van der Waals surface area contributed by atoms with Crippen LogP contribution in [0.15, 0.2) is 18.2 Å². The second-order valence-electron chi connectivity index (χ2n) is 3.26. The fourth-order valence-corrected chi connectivity index (χ4v) is 1.30. The second-order valence-corrected chi connectivity index (χ2v) is 3.67. The Balaban J connectivity index is 2.59. The second kappa shape index (κ2) is 6.52. The molecule has 1 aromatic carbocycles. The molecule has 1 amide bonds. The average Bonchev–Trinajstić information content (AvgIpc) is 2.36. The number of nitrogens with one attached hydrogen (secondary N) is 1. The smallest absolute Gasteiger partial charge is 0.340 e. The molecule has 0 aliphatic carbocycles. The molecule has 0 unspecified atom stereocenters. The number of terminal acetylenes is 1. The summed E-state index contributed by atoms with van der Waals surface area (Å²) in [6.45, 7) is -0.345. The first-order chi connectivity index (χ1) is 8.56. The molecular formula is C12H11ClN2O3. The molecule has 0 spiro atoms. The predicted molar refractivity (Wildman–Crippen MR) is 68.0 cm³/mol. The Morgan fingerprint density at radius 1 is 1.50 bits per heavy atom. The maximum Gasteiger partial charge on any atom is 0.340 e. The highest BCUT2D eigenvalue weighted by Gasteiger charge is 2.14. The quantitative estimate of drug-likeness (QED) is 0.480. The van der Waals surface area contributed by atoms with E-state index in [9.17, 15) is 9.59 Å². The lowest BCUT2D eigenvalue weighted by molar-refractivity contribution is -0.123. The summed E-state index contributed by atoms with van der Waals surface area (Å²) in [6, 6.07) is 4.57. The van der Waals surface area contributed by atoms with Gasteiger partial charge in [0.15, 0.2) is 6.61 Å². The summed E-state index contributed by atoms with van der Waals surface area (Å²) in [5, 5.41) is 2.61. The van der Waals surface area contributed by atoms with Crippen molar-refractivity contribution in [2.75, 3.05) is 18.9 Å². The molecule has 3 N–H and O–H groups in total. The average molecular weight is 267 g/mol. The normalized spacial score (nSPS) is 9.33. The van der Waals surface area contributed by atoms with Gasteiger partial charge in [0.2, 0.25) is 0 Å². The number of para-hydroxylation sites is 1. The van der Waals surface area contributed by atoms with E-state index in [1.807, 2.05) is 0 Å². The highest BCUT2D eigenvalue weighted by molar-refractivity contribution is 6.33. The molecule has 5 nitrogen and oxygen atoms in total. The first-order valence-corrected chi connectivity index (χ1v) is 5.35. The van der Waals surface area contributed by atoms with Crippen LogP contribution in [-0.4, -0.2) is 25.0 Å². The van der Waals surface area contributed by atoms with Gasteiger partial charge in [-0.1, -0.05) is 23.6 Å². The first-order valence-electron chi connectivity index (χ1n) is 4.97. The van der Waals surface area contributed by atoms with Gasteiger partial charge in [0.25, 0.3) is 5.91 Å². The lowest BCUT2D eigenvalue weighted by Crippen LogP contribution is -2.29. The number of ether oxygens (including phenoxy) is 1. The van der Waals surface area contributed by atoms with Crippen LogP contribution in [0.2, 0.25) is 5.02 Å². The summed E-state index contributed by atoms with van der Waals surface area (Å²) in [4.78, 5) is 22.8. The van der Waals surface area contributed by atoms with Crippen LogP contribution >= 0.6 is 11.6 Å². The molecule has 0 radical (unpaired) electrons. The van der Waals surface area contributed by atoms with E-state index in [0.717, 1.165) is 0 Å². The van der Waals surface area contributed by atoms with Crippen LogP contribution in [0.1, 0.15) is 10.4 Å². The van der Waals surface area contributed by atoms with Gasteiger partial charge in [-0.25, -0.2) is 4.79 Å². The molecule has 0 bridgehead atoms. The molecular weight excluding hydrogens is 256 g/mol. The van der Waals surface area contributed by atoms with Crippen LogP contribution in [-0.2, 0) is 9.53 Å². The minimum absolute atomic E-state index is 0.0791. The number of esters is 1. The molecule has 0 aromatic heterocycles. The Morgan fingerprint density at radius 2 is 2.22 bits per heavy atom. The Kier molecular flexibility index (Phi) is 5.03. The zero-order valence-corrected chi connectivity index (χ0v) is 10.2. The first kappa shape index (κ1) is 13.9. The van der Waals surface area contributed by atoms with Crippen molar-refractivity contribution < 1.29 is 14.3 Å². The topological polar surface area (TPSA) is 81.4 Å². The molecule has 0 saturated heterocycles. The van der Waals surface area contributed by atoms with Crippen LogP contribution in [0.3, 0.4) is 0 Å². The van der Waals surface area contributed by atoms with Gasteiger partial charge in [0.05, 0.1) is 22.8 Å². The van der Waals surface area contributed by atoms with Crippen LogP contribution < -0.4 is 11.1 Å². The van der Waals surface area contributed by atoms with Gasteiger partial charge in [0, 0.05) is 0 Å². The van der Waals surface area contributed by atoms with Crippen molar-refractivity contribution in [3.8, 4) is 12.3 Å². The van der Waals surface area contributed by atoms with Crippen LogP contribution in [0.5, 0.6) is 0 Å². The highest BCUT2D eigenvalue weighted by atomic mass is 35.5. The molecule has 1 rings (SSSR count). The molecule has 1 aromatic rings. The molecule has 0 aliphatic rings. The third kappa shape index (κ3) is 3.68. The van der Waals surface area contributed by atoms with E-state index in [4.69, 9.17) is 28.5 Å². The van der Waals surface area contributed by atoms with E-state index < -0.39 is 18.5 Å². The van der Waals surface area contributed by atoms with E-state index in [1.54, 1.807) is 12.1 Å². The number of benzene rings is 1. The lowest BCUT2D eigenvalue weighted by Gasteiger charge is -2.07. The number of halogens is 1. The number of hydrogen-bond acceptors (Lipinski definition) is 4. The Hall–Kier alpha value is -2.19. The number of carbonyl (C=O) groups is 2. The van der Waals surface area contributed by atoms with Gasteiger partial charge in [-0.2, -0.15) is 0 Å². The zero-order chi connectivity index (χ0) is 13.5. The minimum Gasteiger partial charge on any atom is -0.452 e. The van der Waals surface area contributed by atoms with Crippen molar-refractivity contribution in [3.05, 3.63) is 28.8 Å². The Bertz CT molecular complexity index is 509. The van der Waals surface area contributed by atoms with E-state index in [2.05, 4.69) is 11.2 Å². The van der Waals surface area contributed by atoms with Gasteiger partial charge >= 0.3 is 5.97 Å². The number of rotatable bonds is 4. The summed E-state index contributed by atoms with van der Waals surface area (Å²) < 4.78 is 4.76. The number of amides is 1. The maximum atomic E-state index is 11.6. The van der Waals surface area contributed by atoms with E-state index in [0.29, 0.717) is 0 Å². The van der Waals surface area contributed by atoms with Crippen LogP contribution in [0.4, 0.5) is 5.69 Å². The standard InChI is InChI=1S/C12H11ClN2O3/c1-2-6-15-10(16)7-18-12(17)8-4-3-5-9(13)11(8)14/h1,3-5H,6-7,14H2,(H,15,16). The van der Waals surface area contributed by atoms with E-state index in [1.165, 1.54) is 6.07 Å². The fraction of sp³-hybridized carbons (Fsp3) is 0.167. The van der Waals surface area contributed by atoms with Crippen molar-refractivity contribution in [2.24, 2.45) is 0 Å². The lowest BCUT2D eigenvalue weighted by atomic mass is 10.2. The van der Waals surface area contributed by atoms with Crippen LogP contribution in [0.25, 0.3) is 0 Å².